The van der Waals surface area contributed by atoms with Gasteiger partial charge >= 0.3 is 0 Å². The van der Waals surface area contributed by atoms with Gasteiger partial charge in [0.2, 0.25) is 11.8 Å². The molecule has 0 atom stereocenters. The second kappa shape index (κ2) is 9.62. The Kier molecular flexibility index (Phi) is 8.51. The van der Waals surface area contributed by atoms with E-state index >= 15 is 0 Å². The van der Waals surface area contributed by atoms with E-state index in [1.165, 1.54) is 19.3 Å². The molecule has 1 saturated carbocycles. The van der Waals surface area contributed by atoms with Gasteiger partial charge in [0, 0.05) is 38.6 Å². The summed E-state index contributed by atoms with van der Waals surface area (Å²) in [5.74, 6) is 0.711. The molecule has 1 aliphatic carbocycles. The maximum absolute atomic E-state index is 12.8. The maximum Gasteiger partial charge on any atom is 0.230 e. The van der Waals surface area contributed by atoms with Crippen LogP contribution >= 0.6 is 12.4 Å². The van der Waals surface area contributed by atoms with Crippen LogP contribution in [0, 0.1) is 11.3 Å². The van der Waals surface area contributed by atoms with Crippen LogP contribution in [0.25, 0.3) is 0 Å². The minimum absolute atomic E-state index is 0. The van der Waals surface area contributed by atoms with Gasteiger partial charge in [-0.1, -0.05) is 33.1 Å². The number of halogens is 1. The van der Waals surface area contributed by atoms with E-state index in [0.717, 1.165) is 25.7 Å². The summed E-state index contributed by atoms with van der Waals surface area (Å²) in [4.78, 5) is 29.3. The van der Waals surface area contributed by atoms with Gasteiger partial charge < -0.3 is 15.5 Å². The predicted octanol–water partition coefficient (Wildman–Crippen LogP) is 2.42. The average Bonchev–Trinajstić information content (AvgIpc) is 2.64. The molecular formula is C18H34ClN3O2. The van der Waals surface area contributed by atoms with Crippen LogP contribution in [0.4, 0.5) is 0 Å². The van der Waals surface area contributed by atoms with Gasteiger partial charge in [-0.25, -0.2) is 0 Å². The second-order valence-corrected chi connectivity index (χ2v) is 7.14. The highest BCUT2D eigenvalue weighted by molar-refractivity contribution is 5.85. The van der Waals surface area contributed by atoms with E-state index in [2.05, 4.69) is 0 Å². The van der Waals surface area contributed by atoms with Crippen molar-refractivity contribution in [1.29, 1.82) is 0 Å². The lowest BCUT2D eigenvalue weighted by atomic mass is 9.80. The van der Waals surface area contributed by atoms with Gasteiger partial charge in [-0.2, -0.15) is 0 Å². The van der Waals surface area contributed by atoms with E-state index in [4.69, 9.17) is 5.73 Å². The van der Waals surface area contributed by atoms with Crippen LogP contribution in [-0.2, 0) is 9.59 Å². The highest BCUT2D eigenvalue weighted by atomic mass is 35.5. The zero-order chi connectivity index (χ0) is 16.9. The van der Waals surface area contributed by atoms with Gasteiger partial charge in [0.05, 0.1) is 5.41 Å². The Balaban J connectivity index is 0.00000288. The first-order valence-corrected chi connectivity index (χ1v) is 9.36. The molecule has 1 aliphatic heterocycles. The minimum Gasteiger partial charge on any atom is -0.339 e. The van der Waals surface area contributed by atoms with Crippen molar-refractivity contribution in [1.82, 2.24) is 9.80 Å². The first-order valence-electron chi connectivity index (χ1n) is 9.36. The summed E-state index contributed by atoms with van der Waals surface area (Å²) < 4.78 is 0. The quantitative estimate of drug-likeness (QED) is 0.819. The molecule has 24 heavy (non-hydrogen) atoms. The van der Waals surface area contributed by atoms with Crippen LogP contribution in [-0.4, -0.2) is 54.3 Å². The number of carbonyl (C=O) groups excluding carboxylic acids is 2. The smallest absolute Gasteiger partial charge is 0.230 e. The Morgan fingerprint density at radius 1 is 0.958 bits per heavy atom. The molecule has 2 amide bonds. The summed E-state index contributed by atoms with van der Waals surface area (Å²) in [6, 6.07) is 0. The van der Waals surface area contributed by atoms with Gasteiger partial charge in [-0.15, -0.1) is 12.4 Å². The Hall–Kier alpha value is -0.810. The van der Waals surface area contributed by atoms with Crippen molar-refractivity contribution in [3.05, 3.63) is 0 Å². The Morgan fingerprint density at radius 3 is 1.92 bits per heavy atom. The van der Waals surface area contributed by atoms with Gasteiger partial charge in [0.1, 0.15) is 0 Å². The van der Waals surface area contributed by atoms with Crippen molar-refractivity contribution in [2.75, 3.05) is 32.7 Å². The number of amides is 2. The molecule has 1 saturated heterocycles. The number of hydrogen-bond donors (Lipinski definition) is 1. The third-order valence-corrected chi connectivity index (χ3v) is 6.03. The maximum atomic E-state index is 12.8. The predicted molar refractivity (Wildman–Crippen MR) is 99.1 cm³/mol. The van der Waals surface area contributed by atoms with Crippen molar-refractivity contribution in [2.45, 2.75) is 58.8 Å². The number of rotatable bonds is 5. The molecule has 2 fully saturated rings. The molecule has 0 aromatic carbocycles. The SMILES string of the molecule is CCC(CC)(CN)C(=O)N1CCN(C(=O)C2CCCCC2)CC1.Cl. The van der Waals surface area contributed by atoms with Crippen LogP contribution in [0.3, 0.4) is 0 Å². The molecular weight excluding hydrogens is 326 g/mol. The average molecular weight is 360 g/mol. The summed E-state index contributed by atoms with van der Waals surface area (Å²) in [7, 11) is 0. The first kappa shape index (κ1) is 21.2. The lowest BCUT2D eigenvalue weighted by Gasteiger charge is -2.41. The van der Waals surface area contributed by atoms with Crippen molar-refractivity contribution in [3.63, 3.8) is 0 Å². The van der Waals surface area contributed by atoms with Gasteiger partial charge in [-0.3, -0.25) is 9.59 Å². The van der Waals surface area contributed by atoms with Gasteiger partial charge in [0.15, 0.2) is 0 Å². The molecule has 0 aromatic heterocycles. The van der Waals surface area contributed by atoms with E-state index in [-0.39, 0.29) is 24.2 Å². The largest absolute Gasteiger partial charge is 0.339 e. The number of carbonyl (C=O) groups is 2. The van der Waals surface area contributed by atoms with Crippen LogP contribution in [0.15, 0.2) is 0 Å². The normalized spacial score (nSPS) is 19.8. The summed E-state index contributed by atoms with van der Waals surface area (Å²) in [5, 5.41) is 0. The molecule has 5 nitrogen and oxygen atoms in total. The molecule has 2 aliphatic rings. The highest BCUT2D eigenvalue weighted by Gasteiger charge is 2.38. The molecule has 0 aromatic rings. The Labute approximate surface area is 152 Å². The highest BCUT2D eigenvalue weighted by Crippen LogP contribution is 2.29. The van der Waals surface area contributed by atoms with Crippen molar-refractivity contribution < 1.29 is 9.59 Å². The molecule has 0 unspecified atom stereocenters. The standard InChI is InChI=1S/C18H33N3O2.ClH/c1-3-18(4-2,14-19)17(23)21-12-10-20(11-13-21)16(22)15-8-6-5-7-9-15;/h15H,3-14,19H2,1-2H3;1H. The summed E-state index contributed by atoms with van der Waals surface area (Å²) in [6.07, 6.45) is 7.27. The van der Waals surface area contributed by atoms with Crippen molar-refractivity contribution in [3.8, 4) is 0 Å². The van der Waals surface area contributed by atoms with Crippen LogP contribution in [0.2, 0.25) is 0 Å². The monoisotopic (exact) mass is 359 g/mol. The lowest BCUT2D eigenvalue weighted by molar-refractivity contribution is -0.148. The molecule has 140 valence electrons. The van der Waals surface area contributed by atoms with E-state index in [9.17, 15) is 9.59 Å². The third kappa shape index (κ3) is 4.42. The van der Waals surface area contributed by atoms with Crippen molar-refractivity contribution in [2.24, 2.45) is 17.1 Å². The Morgan fingerprint density at radius 2 is 1.46 bits per heavy atom. The van der Waals surface area contributed by atoms with E-state index in [1.54, 1.807) is 0 Å². The van der Waals surface area contributed by atoms with Gasteiger partial charge in [-0.05, 0) is 25.7 Å². The number of nitrogens with zero attached hydrogens (tertiary/aromatic N) is 2. The van der Waals surface area contributed by atoms with E-state index in [0.29, 0.717) is 38.6 Å². The fraction of sp³-hybridized carbons (Fsp3) is 0.889. The first-order chi connectivity index (χ1) is 11.1. The lowest BCUT2D eigenvalue weighted by Crippen LogP contribution is -2.56. The fourth-order valence-corrected chi connectivity index (χ4v) is 4.00. The molecule has 2 rings (SSSR count). The molecule has 0 spiro atoms. The second-order valence-electron chi connectivity index (χ2n) is 7.14. The molecule has 2 N–H and O–H groups in total. The molecule has 6 heteroatoms. The molecule has 1 heterocycles. The van der Waals surface area contributed by atoms with Crippen LogP contribution in [0.5, 0.6) is 0 Å². The number of piperazine rings is 1. The molecule has 0 bridgehead atoms. The summed E-state index contributed by atoms with van der Waals surface area (Å²) in [5.41, 5.74) is 5.48. The van der Waals surface area contributed by atoms with Gasteiger partial charge in [0.25, 0.3) is 0 Å². The number of nitrogens with two attached hydrogens (primary N) is 1. The fourth-order valence-electron chi connectivity index (χ4n) is 4.00. The minimum atomic E-state index is -0.421. The number of hydrogen-bond acceptors (Lipinski definition) is 3. The summed E-state index contributed by atoms with van der Waals surface area (Å²) in [6.45, 7) is 7.14. The Bertz CT molecular complexity index is 404. The zero-order valence-electron chi connectivity index (χ0n) is 15.3. The van der Waals surface area contributed by atoms with Crippen LogP contribution in [0.1, 0.15) is 58.8 Å². The zero-order valence-corrected chi connectivity index (χ0v) is 16.1. The van der Waals surface area contributed by atoms with E-state index < -0.39 is 5.41 Å². The summed E-state index contributed by atoms with van der Waals surface area (Å²) >= 11 is 0. The third-order valence-electron chi connectivity index (χ3n) is 6.03. The van der Waals surface area contributed by atoms with Crippen LogP contribution < -0.4 is 5.73 Å². The van der Waals surface area contributed by atoms with E-state index in [1.807, 2.05) is 23.6 Å². The molecule has 0 radical (unpaired) electrons. The topological polar surface area (TPSA) is 66.6 Å². The van der Waals surface area contributed by atoms with Crippen molar-refractivity contribution >= 4 is 24.2 Å².